The molecule has 0 N–H and O–H groups in total. The highest BCUT2D eigenvalue weighted by Gasteiger charge is 2.31. The fourth-order valence-electron chi connectivity index (χ4n) is 1.10. The molecule has 1 saturated heterocycles. The summed E-state index contributed by atoms with van der Waals surface area (Å²) in [5.74, 6) is 0.0517. The van der Waals surface area contributed by atoms with Crippen LogP contribution in [0.4, 0.5) is 0 Å². The van der Waals surface area contributed by atoms with Crippen LogP contribution in [0.1, 0.15) is 19.8 Å². The minimum atomic E-state index is -0.196. The Labute approximate surface area is 61.6 Å². The van der Waals surface area contributed by atoms with Crippen molar-refractivity contribution in [2.45, 2.75) is 19.8 Å². The van der Waals surface area contributed by atoms with Gasteiger partial charge in [-0.05, 0) is 12.8 Å². The molecule has 1 rings (SSSR count). The van der Waals surface area contributed by atoms with Crippen molar-refractivity contribution < 1.29 is 9.53 Å². The van der Waals surface area contributed by atoms with Crippen LogP contribution in [0.5, 0.6) is 0 Å². The summed E-state index contributed by atoms with van der Waals surface area (Å²) in [6, 6.07) is 0. The quantitative estimate of drug-likeness (QED) is 0.548. The summed E-state index contributed by atoms with van der Waals surface area (Å²) in [4.78, 5) is 11.0. The zero-order valence-corrected chi connectivity index (χ0v) is 6.35. The normalized spacial score (nSPS) is 24.2. The minimum absolute atomic E-state index is 0.0517. The average Bonchev–Trinajstić information content (AvgIpc) is 1.89. The highest BCUT2D eigenvalue weighted by Crippen LogP contribution is 2.29. The fraction of sp³-hybridized carbons (Fsp3) is 0.750. The Balaban J connectivity index is 2.56. The Hall–Kier alpha value is -0.370. The van der Waals surface area contributed by atoms with Crippen LogP contribution in [0.3, 0.4) is 0 Å². The van der Waals surface area contributed by atoms with Crippen molar-refractivity contribution in [3.63, 3.8) is 0 Å². The standard InChI is InChI=1S/C8H13O2/c1-7(9)8(2)3-5-10-6-4-8/h1,3-6H2,2H3. The molecular formula is C8H13O2. The SMILES string of the molecule is [CH2]C(=O)C1(C)CCOCC1. The van der Waals surface area contributed by atoms with Gasteiger partial charge in [0.1, 0.15) is 5.78 Å². The average molecular weight is 141 g/mol. The van der Waals surface area contributed by atoms with Crippen molar-refractivity contribution in [3.8, 4) is 0 Å². The first-order valence-electron chi connectivity index (χ1n) is 3.59. The van der Waals surface area contributed by atoms with Crippen molar-refractivity contribution in [2.24, 2.45) is 5.41 Å². The van der Waals surface area contributed by atoms with Crippen LogP contribution in [0, 0.1) is 12.3 Å². The van der Waals surface area contributed by atoms with E-state index in [-0.39, 0.29) is 11.2 Å². The molecule has 0 aromatic heterocycles. The second-order valence-electron chi connectivity index (χ2n) is 3.10. The smallest absolute Gasteiger partial charge is 0.139 e. The first kappa shape index (κ1) is 7.73. The molecule has 1 aliphatic heterocycles. The van der Waals surface area contributed by atoms with E-state index in [9.17, 15) is 4.79 Å². The van der Waals surface area contributed by atoms with Gasteiger partial charge in [0, 0.05) is 25.6 Å². The summed E-state index contributed by atoms with van der Waals surface area (Å²) in [6.07, 6.45) is 1.66. The summed E-state index contributed by atoms with van der Waals surface area (Å²) in [6.45, 7) is 6.81. The number of ketones is 1. The van der Waals surface area contributed by atoms with Crippen LogP contribution in [-0.4, -0.2) is 19.0 Å². The molecule has 1 radical (unpaired) electrons. The number of ether oxygens (including phenoxy) is 1. The molecule has 1 heterocycles. The number of rotatable bonds is 1. The Morgan fingerprint density at radius 1 is 1.50 bits per heavy atom. The highest BCUT2D eigenvalue weighted by molar-refractivity contribution is 5.88. The number of Topliss-reactive ketones (excluding diaryl/α,β-unsaturated/α-hetero) is 1. The van der Waals surface area contributed by atoms with Gasteiger partial charge in [-0.2, -0.15) is 0 Å². The second kappa shape index (κ2) is 2.70. The van der Waals surface area contributed by atoms with E-state index in [0.717, 1.165) is 12.8 Å². The molecule has 2 heteroatoms. The van der Waals surface area contributed by atoms with Crippen LogP contribution in [0.25, 0.3) is 0 Å². The van der Waals surface area contributed by atoms with E-state index in [2.05, 4.69) is 6.92 Å². The lowest BCUT2D eigenvalue weighted by Gasteiger charge is -2.30. The molecule has 1 aliphatic rings. The molecule has 0 saturated carbocycles. The van der Waals surface area contributed by atoms with E-state index in [1.807, 2.05) is 6.92 Å². The van der Waals surface area contributed by atoms with E-state index in [4.69, 9.17) is 4.74 Å². The molecular weight excluding hydrogens is 128 g/mol. The lowest BCUT2D eigenvalue weighted by molar-refractivity contribution is -0.128. The third-order valence-electron chi connectivity index (χ3n) is 2.27. The molecule has 10 heavy (non-hydrogen) atoms. The molecule has 0 atom stereocenters. The predicted molar refractivity (Wildman–Crippen MR) is 38.5 cm³/mol. The highest BCUT2D eigenvalue weighted by atomic mass is 16.5. The minimum Gasteiger partial charge on any atom is -0.381 e. The van der Waals surface area contributed by atoms with Gasteiger partial charge >= 0.3 is 0 Å². The Morgan fingerprint density at radius 3 is 2.30 bits per heavy atom. The first-order valence-corrected chi connectivity index (χ1v) is 3.59. The number of carbonyl (C=O) groups excluding carboxylic acids is 1. The van der Waals surface area contributed by atoms with E-state index in [1.165, 1.54) is 0 Å². The van der Waals surface area contributed by atoms with Crippen LogP contribution in [0.15, 0.2) is 0 Å². The molecule has 2 nitrogen and oxygen atoms in total. The first-order chi connectivity index (χ1) is 4.65. The van der Waals surface area contributed by atoms with Crippen LogP contribution in [-0.2, 0) is 9.53 Å². The largest absolute Gasteiger partial charge is 0.381 e. The van der Waals surface area contributed by atoms with E-state index in [0.29, 0.717) is 13.2 Å². The van der Waals surface area contributed by atoms with Gasteiger partial charge in [-0.15, -0.1) is 0 Å². The Kier molecular flexibility index (Phi) is 2.09. The molecule has 0 bridgehead atoms. The van der Waals surface area contributed by atoms with Gasteiger partial charge in [0.05, 0.1) is 0 Å². The monoisotopic (exact) mass is 141 g/mol. The summed E-state index contributed by atoms with van der Waals surface area (Å²) in [5, 5.41) is 0. The van der Waals surface area contributed by atoms with Crippen LogP contribution in [0.2, 0.25) is 0 Å². The Morgan fingerprint density at radius 2 is 2.00 bits per heavy atom. The molecule has 0 spiro atoms. The summed E-state index contributed by atoms with van der Waals surface area (Å²) >= 11 is 0. The molecule has 0 unspecified atom stereocenters. The van der Waals surface area contributed by atoms with Crippen LogP contribution < -0.4 is 0 Å². The molecule has 1 fully saturated rings. The fourth-order valence-corrected chi connectivity index (χ4v) is 1.10. The Bertz CT molecular complexity index is 134. The maximum atomic E-state index is 11.0. The van der Waals surface area contributed by atoms with Crippen molar-refractivity contribution in [2.75, 3.05) is 13.2 Å². The predicted octanol–water partition coefficient (Wildman–Crippen LogP) is 1.21. The lowest BCUT2D eigenvalue weighted by atomic mass is 9.79. The molecule has 0 aliphatic carbocycles. The third-order valence-corrected chi connectivity index (χ3v) is 2.27. The van der Waals surface area contributed by atoms with Gasteiger partial charge < -0.3 is 4.74 Å². The number of hydrogen-bond donors (Lipinski definition) is 0. The second-order valence-corrected chi connectivity index (χ2v) is 3.10. The lowest BCUT2D eigenvalue weighted by Crippen LogP contribution is -2.32. The van der Waals surface area contributed by atoms with Gasteiger partial charge in [-0.1, -0.05) is 6.92 Å². The summed E-state index contributed by atoms with van der Waals surface area (Å²) in [5.41, 5.74) is -0.196. The maximum absolute atomic E-state index is 11.0. The topological polar surface area (TPSA) is 26.3 Å². The van der Waals surface area contributed by atoms with Gasteiger partial charge in [-0.25, -0.2) is 0 Å². The van der Waals surface area contributed by atoms with Gasteiger partial charge in [0.2, 0.25) is 0 Å². The maximum Gasteiger partial charge on any atom is 0.139 e. The third kappa shape index (κ3) is 1.37. The molecule has 0 aromatic carbocycles. The van der Waals surface area contributed by atoms with Crippen molar-refractivity contribution in [3.05, 3.63) is 6.92 Å². The molecule has 0 amide bonds. The zero-order chi connectivity index (χ0) is 7.61. The van der Waals surface area contributed by atoms with Gasteiger partial charge in [-0.3, -0.25) is 4.79 Å². The number of carbonyl (C=O) groups is 1. The van der Waals surface area contributed by atoms with Gasteiger partial charge in [0.15, 0.2) is 0 Å². The van der Waals surface area contributed by atoms with Crippen molar-refractivity contribution in [1.82, 2.24) is 0 Å². The van der Waals surface area contributed by atoms with E-state index >= 15 is 0 Å². The van der Waals surface area contributed by atoms with E-state index in [1.54, 1.807) is 0 Å². The number of hydrogen-bond acceptors (Lipinski definition) is 2. The summed E-state index contributed by atoms with van der Waals surface area (Å²) < 4.78 is 5.14. The van der Waals surface area contributed by atoms with E-state index < -0.39 is 0 Å². The van der Waals surface area contributed by atoms with Crippen molar-refractivity contribution in [1.29, 1.82) is 0 Å². The van der Waals surface area contributed by atoms with Gasteiger partial charge in [0.25, 0.3) is 0 Å². The zero-order valence-electron chi connectivity index (χ0n) is 6.35. The van der Waals surface area contributed by atoms with Crippen molar-refractivity contribution >= 4 is 5.78 Å². The molecule has 57 valence electrons. The summed E-state index contributed by atoms with van der Waals surface area (Å²) in [7, 11) is 0. The molecule has 0 aromatic rings. The van der Waals surface area contributed by atoms with Crippen LogP contribution >= 0.6 is 0 Å².